The number of para-hydroxylation sites is 1. The molecule has 11 heteroatoms. The highest BCUT2D eigenvalue weighted by Gasteiger charge is 2.25. The van der Waals surface area contributed by atoms with Crippen molar-refractivity contribution in [2.75, 3.05) is 44.1 Å². The number of nitrogens with zero attached hydrogens (tertiary/aromatic N) is 7. The fourth-order valence-electron chi connectivity index (χ4n) is 4.73. The standard InChI is InChI=1S/C27H26FN7O3/c1-32(2)16-9-10-22-23(11-16)37-15-17(38-22)14-33(3)27-29-12-18-24-19(13-30-34(24)4)26(36)35(25(18)31-27)21-8-6-5-7-20(21)28/h5-13,17H,14-15H2,1-4H3/t17-/m0/s1. The van der Waals surface area contributed by atoms with Gasteiger partial charge in [0.15, 0.2) is 23.3 Å². The van der Waals surface area contributed by atoms with Gasteiger partial charge in [-0.05, 0) is 24.3 Å². The third kappa shape index (κ3) is 3.87. The first-order valence-electron chi connectivity index (χ1n) is 12.1. The first-order chi connectivity index (χ1) is 18.3. The molecule has 0 spiro atoms. The molecular formula is C27H26FN7O3. The second-order valence-electron chi connectivity index (χ2n) is 9.49. The normalized spacial score (nSPS) is 14.7. The minimum Gasteiger partial charge on any atom is -0.486 e. The SMILES string of the molecule is CN(C)c1ccc2c(c1)OC[C@H](CN(C)c1ncc3c4c(cnn4C)c(=O)n(-c4ccccc4F)c3n1)O2. The van der Waals surface area contributed by atoms with E-state index in [1.807, 2.05) is 49.1 Å². The summed E-state index contributed by atoms with van der Waals surface area (Å²) in [6.45, 7) is 0.787. The van der Waals surface area contributed by atoms with Crippen LogP contribution in [0.1, 0.15) is 0 Å². The lowest BCUT2D eigenvalue weighted by molar-refractivity contribution is 0.0959. The van der Waals surface area contributed by atoms with E-state index >= 15 is 0 Å². The molecule has 2 aromatic carbocycles. The van der Waals surface area contributed by atoms with Crippen molar-refractivity contribution >= 4 is 33.6 Å². The van der Waals surface area contributed by atoms with Crippen LogP contribution in [0.25, 0.3) is 27.6 Å². The van der Waals surface area contributed by atoms with E-state index in [9.17, 15) is 9.18 Å². The number of likely N-dealkylation sites (N-methyl/N-ethyl adjacent to an activating group) is 1. The molecular weight excluding hydrogens is 489 g/mol. The zero-order valence-corrected chi connectivity index (χ0v) is 21.4. The summed E-state index contributed by atoms with van der Waals surface area (Å²) in [5, 5.41) is 5.19. The van der Waals surface area contributed by atoms with Gasteiger partial charge < -0.3 is 19.3 Å². The number of halogens is 1. The fourth-order valence-corrected chi connectivity index (χ4v) is 4.73. The summed E-state index contributed by atoms with van der Waals surface area (Å²) in [6.07, 6.45) is 2.85. The molecule has 0 amide bonds. The molecule has 0 fully saturated rings. The maximum absolute atomic E-state index is 14.9. The van der Waals surface area contributed by atoms with Gasteiger partial charge >= 0.3 is 0 Å². The predicted molar refractivity (Wildman–Crippen MR) is 143 cm³/mol. The van der Waals surface area contributed by atoms with E-state index in [1.54, 1.807) is 36.1 Å². The topological polar surface area (TPSA) is 90.5 Å². The number of rotatable bonds is 5. The number of hydrogen-bond acceptors (Lipinski definition) is 8. The quantitative estimate of drug-likeness (QED) is 0.353. The predicted octanol–water partition coefficient (Wildman–Crippen LogP) is 3.15. The molecule has 5 aromatic rings. The number of pyridine rings is 1. The summed E-state index contributed by atoms with van der Waals surface area (Å²) in [5.41, 5.74) is 1.60. The Bertz CT molecular complexity index is 1750. The fraction of sp³-hybridized carbons (Fsp3) is 0.259. The van der Waals surface area contributed by atoms with Crippen LogP contribution in [0.3, 0.4) is 0 Å². The average Bonchev–Trinajstić information content (AvgIpc) is 3.31. The molecule has 1 atom stereocenters. The first kappa shape index (κ1) is 23.7. The number of aromatic nitrogens is 5. The van der Waals surface area contributed by atoms with Gasteiger partial charge in [0.2, 0.25) is 5.95 Å². The smallest absolute Gasteiger partial charge is 0.267 e. The van der Waals surface area contributed by atoms with Crippen molar-refractivity contribution in [1.29, 1.82) is 0 Å². The molecule has 1 aliphatic rings. The van der Waals surface area contributed by atoms with Crippen LogP contribution in [0.4, 0.5) is 16.0 Å². The van der Waals surface area contributed by atoms with Crippen LogP contribution < -0.4 is 24.8 Å². The first-order valence-corrected chi connectivity index (χ1v) is 12.1. The summed E-state index contributed by atoms with van der Waals surface area (Å²) in [5.74, 6) is 1.20. The lowest BCUT2D eigenvalue weighted by Crippen LogP contribution is -2.40. The van der Waals surface area contributed by atoms with Gasteiger partial charge in [0, 0.05) is 46.1 Å². The Kier molecular flexibility index (Phi) is 5.63. The van der Waals surface area contributed by atoms with Crippen molar-refractivity contribution in [3.05, 3.63) is 71.0 Å². The molecule has 3 aromatic heterocycles. The summed E-state index contributed by atoms with van der Waals surface area (Å²) >= 11 is 0. The molecule has 4 heterocycles. The average molecular weight is 516 g/mol. The maximum Gasteiger partial charge on any atom is 0.267 e. The lowest BCUT2D eigenvalue weighted by atomic mass is 10.2. The lowest BCUT2D eigenvalue weighted by Gasteiger charge is -2.30. The third-order valence-corrected chi connectivity index (χ3v) is 6.67. The van der Waals surface area contributed by atoms with Crippen LogP contribution in [0, 0.1) is 5.82 Å². The van der Waals surface area contributed by atoms with Crippen molar-refractivity contribution in [1.82, 2.24) is 24.3 Å². The van der Waals surface area contributed by atoms with E-state index in [1.165, 1.54) is 16.8 Å². The van der Waals surface area contributed by atoms with Crippen LogP contribution >= 0.6 is 0 Å². The Hall–Kier alpha value is -4.67. The van der Waals surface area contributed by atoms with Crippen molar-refractivity contribution in [2.24, 2.45) is 7.05 Å². The van der Waals surface area contributed by atoms with Crippen molar-refractivity contribution in [3.63, 3.8) is 0 Å². The number of fused-ring (bicyclic) bond motifs is 4. The van der Waals surface area contributed by atoms with Gasteiger partial charge in [-0.1, -0.05) is 12.1 Å². The minimum atomic E-state index is -0.531. The molecule has 0 N–H and O–H groups in total. The third-order valence-electron chi connectivity index (χ3n) is 6.67. The second kappa shape index (κ2) is 9.02. The Morgan fingerprint density at radius 1 is 1.08 bits per heavy atom. The zero-order chi connectivity index (χ0) is 26.6. The molecule has 194 valence electrons. The van der Waals surface area contributed by atoms with Gasteiger partial charge in [-0.25, -0.2) is 9.37 Å². The molecule has 0 unspecified atom stereocenters. The molecule has 0 radical (unpaired) electrons. The largest absolute Gasteiger partial charge is 0.486 e. The van der Waals surface area contributed by atoms with E-state index in [-0.39, 0.29) is 17.4 Å². The summed E-state index contributed by atoms with van der Waals surface area (Å²) in [7, 11) is 7.52. The molecule has 10 nitrogen and oxygen atoms in total. The Balaban J connectivity index is 1.38. The molecule has 6 rings (SSSR count). The van der Waals surface area contributed by atoms with E-state index in [0.717, 1.165) is 5.69 Å². The van der Waals surface area contributed by atoms with Crippen molar-refractivity contribution in [3.8, 4) is 17.2 Å². The van der Waals surface area contributed by atoms with Crippen molar-refractivity contribution in [2.45, 2.75) is 6.10 Å². The molecule has 0 aliphatic carbocycles. The highest BCUT2D eigenvalue weighted by atomic mass is 19.1. The number of anilines is 2. The van der Waals surface area contributed by atoms with Gasteiger partial charge in [-0.2, -0.15) is 10.1 Å². The van der Waals surface area contributed by atoms with Gasteiger partial charge in [-0.3, -0.25) is 14.0 Å². The van der Waals surface area contributed by atoms with Crippen LogP contribution in [0.2, 0.25) is 0 Å². The highest BCUT2D eigenvalue weighted by Crippen LogP contribution is 2.35. The van der Waals surface area contributed by atoms with E-state index in [4.69, 9.17) is 14.5 Å². The number of benzene rings is 2. The summed E-state index contributed by atoms with van der Waals surface area (Å²) < 4.78 is 29.9. The van der Waals surface area contributed by atoms with Gasteiger partial charge in [0.05, 0.1) is 34.7 Å². The van der Waals surface area contributed by atoms with Gasteiger partial charge in [-0.15, -0.1) is 0 Å². The zero-order valence-electron chi connectivity index (χ0n) is 21.4. The van der Waals surface area contributed by atoms with Gasteiger partial charge in [0.25, 0.3) is 5.56 Å². The molecule has 0 saturated heterocycles. The van der Waals surface area contributed by atoms with E-state index < -0.39 is 11.4 Å². The van der Waals surface area contributed by atoms with Crippen LogP contribution in [0.15, 0.2) is 59.7 Å². The maximum atomic E-state index is 14.9. The Labute approximate surface area is 217 Å². The minimum absolute atomic E-state index is 0.110. The van der Waals surface area contributed by atoms with Crippen molar-refractivity contribution < 1.29 is 13.9 Å². The Morgan fingerprint density at radius 2 is 1.89 bits per heavy atom. The molecule has 1 aliphatic heterocycles. The molecule has 0 saturated carbocycles. The summed E-state index contributed by atoms with van der Waals surface area (Å²) in [6, 6.07) is 11.9. The number of aryl methyl sites for hydroxylation is 1. The summed E-state index contributed by atoms with van der Waals surface area (Å²) in [4.78, 5) is 26.7. The van der Waals surface area contributed by atoms with Crippen LogP contribution in [-0.2, 0) is 7.05 Å². The number of hydrogen-bond donors (Lipinski definition) is 0. The van der Waals surface area contributed by atoms with Crippen LogP contribution in [0.5, 0.6) is 11.5 Å². The Morgan fingerprint density at radius 3 is 2.68 bits per heavy atom. The number of ether oxygens (including phenoxy) is 2. The molecule has 38 heavy (non-hydrogen) atoms. The molecule has 0 bridgehead atoms. The second-order valence-corrected chi connectivity index (χ2v) is 9.49. The highest BCUT2D eigenvalue weighted by molar-refractivity contribution is 6.02. The van der Waals surface area contributed by atoms with E-state index in [2.05, 4.69) is 10.1 Å². The van der Waals surface area contributed by atoms with E-state index in [0.29, 0.717) is 46.9 Å². The van der Waals surface area contributed by atoms with Gasteiger partial charge in [0.1, 0.15) is 12.4 Å². The van der Waals surface area contributed by atoms with Crippen LogP contribution in [-0.4, -0.2) is 64.7 Å². The monoisotopic (exact) mass is 515 g/mol.